The van der Waals surface area contributed by atoms with Crippen molar-refractivity contribution in [3.63, 3.8) is 0 Å². The summed E-state index contributed by atoms with van der Waals surface area (Å²) in [5, 5.41) is 0. The van der Waals surface area contributed by atoms with E-state index in [0.717, 1.165) is 19.3 Å². The molecular formula is C10H17BrO2. The number of esters is 1. The Morgan fingerprint density at radius 1 is 1.38 bits per heavy atom. The summed E-state index contributed by atoms with van der Waals surface area (Å²) in [6.45, 7) is 5.72. The Morgan fingerprint density at radius 3 is 2.38 bits per heavy atom. The Labute approximate surface area is 88.2 Å². The number of hydrogen-bond acceptors (Lipinski definition) is 2. The fourth-order valence-corrected chi connectivity index (χ4v) is 2.36. The van der Waals surface area contributed by atoms with E-state index in [1.165, 1.54) is 0 Å². The van der Waals surface area contributed by atoms with Crippen molar-refractivity contribution in [2.75, 3.05) is 0 Å². The van der Waals surface area contributed by atoms with E-state index < -0.39 is 0 Å². The Balaban J connectivity index is 2.48. The van der Waals surface area contributed by atoms with Gasteiger partial charge < -0.3 is 4.74 Å². The number of carbonyl (C=O) groups is 1. The van der Waals surface area contributed by atoms with E-state index in [1.807, 2.05) is 20.8 Å². The molecule has 0 amide bonds. The van der Waals surface area contributed by atoms with Crippen LogP contribution >= 0.6 is 15.9 Å². The van der Waals surface area contributed by atoms with Crippen LogP contribution in [0.1, 0.15) is 40.0 Å². The largest absolute Gasteiger partial charge is 0.460 e. The van der Waals surface area contributed by atoms with Crippen molar-refractivity contribution in [3.05, 3.63) is 0 Å². The minimum Gasteiger partial charge on any atom is -0.460 e. The topological polar surface area (TPSA) is 26.3 Å². The lowest BCUT2D eigenvalue weighted by atomic mass is 10.1. The Hall–Kier alpha value is -0.0500. The molecule has 0 aromatic rings. The van der Waals surface area contributed by atoms with E-state index in [2.05, 4.69) is 15.9 Å². The number of ether oxygens (including phenoxy) is 1. The van der Waals surface area contributed by atoms with E-state index in [1.54, 1.807) is 0 Å². The van der Waals surface area contributed by atoms with Gasteiger partial charge in [0, 0.05) is 4.83 Å². The molecule has 0 bridgehead atoms. The van der Waals surface area contributed by atoms with Gasteiger partial charge in [-0.25, -0.2) is 0 Å². The molecule has 2 unspecified atom stereocenters. The van der Waals surface area contributed by atoms with Gasteiger partial charge in [0.1, 0.15) is 5.60 Å². The van der Waals surface area contributed by atoms with Crippen LogP contribution in [0.4, 0.5) is 0 Å². The van der Waals surface area contributed by atoms with Crippen LogP contribution in [0.5, 0.6) is 0 Å². The van der Waals surface area contributed by atoms with Crippen LogP contribution in [0.25, 0.3) is 0 Å². The summed E-state index contributed by atoms with van der Waals surface area (Å²) in [7, 11) is 0. The zero-order valence-electron chi connectivity index (χ0n) is 8.47. The van der Waals surface area contributed by atoms with Crippen LogP contribution in [-0.4, -0.2) is 16.4 Å². The first-order valence-electron chi connectivity index (χ1n) is 4.77. The second-order valence-corrected chi connectivity index (χ2v) is 5.76. The summed E-state index contributed by atoms with van der Waals surface area (Å²) in [5.41, 5.74) is -0.355. The number of alkyl halides is 1. The SMILES string of the molecule is CC(C)(C)OC(=O)C1CCCC1Br. The maximum absolute atomic E-state index is 11.6. The molecule has 0 radical (unpaired) electrons. The number of carbonyl (C=O) groups excluding carboxylic acids is 1. The third kappa shape index (κ3) is 3.29. The minimum absolute atomic E-state index is 0.0492. The first-order valence-corrected chi connectivity index (χ1v) is 5.68. The molecule has 0 saturated heterocycles. The molecule has 0 N–H and O–H groups in total. The molecule has 0 heterocycles. The molecule has 0 aromatic carbocycles. The van der Waals surface area contributed by atoms with E-state index >= 15 is 0 Å². The van der Waals surface area contributed by atoms with Crippen molar-refractivity contribution in [3.8, 4) is 0 Å². The van der Waals surface area contributed by atoms with Crippen molar-refractivity contribution in [1.82, 2.24) is 0 Å². The van der Waals surface area contributed by atoms with Gasteiger partial charge in [0.25, 0.3) is 0 Å². The van der Waals surface area contributed by atoms with E-state index in [9.17, 15) is 4.79 Å². The van der Waals surface area contributed by atoms with Gasteiger partial charge in [-0.2, -0.15) is 0 Å². The zero-order valence-corrected chi connectivity index (χ0v) is 10.1. The van der Waals surface area contributed by atoms with Gasteiger partial charge in [-0.15, -0.1) is 0 Å². The maximum Gasteiger partial charge on any atom is 0.310 e. The Morgan fingerprint density at radius 2 is 2.00 bits per heavy atom. The number of hydrogen-bond donors (Lipinski definition) is 0. The van der Waals surface area contributed by atoms with E-state index in [4.69, 9.17) is 4.74 Å². The molecule has 0 aliphatic heterocycles. The molecule has 1 saturated carbocycles. The Bertz CT molecular complexity index is 196. The Kier molecular flexibility index (Phi) is 3.38. The average Bonchev–Trinajstić information content (AvgIpc) is 2.30. The maximum atomic E-state index is 11.6. The van der Waals surface area contributed by atoms with Crippen molar-refractivity contribution in [2.24, 2.45) is 5.92 Å². The molecule has 0 spiro atoms. The molecule has 0 aromatic heterocycles. The number of rotatable bonds is 1. The van der Waals surface area contributed by atoms with Crippen LogP contribution in [0.15, 0.2) is 0 Å². The molecule has 1 fully saturated rings. The quantitative estimate of drug-likeness (QED) is 0.527. The highest BCUT2D eigenvalue weighted by Gasteiger charge is 2.34. The second kappa shape index (κ2) is 3.99. The van der Waals surface area contributed by atoms with Crippen LogP contribution in [-0.2, 0) is 9.53 Å². The number of halogens is 1. The highest BCUT2D eigenvalue weighted by Crippen LogP contribution is 2.33. The lowest BCUT2D eigenvalue weighted by Crippen LogP contribution is -2.30. The van der Waals surface area contributed by atoms with Gasteiger partial charge >= 0.3 is 5.97 Å². The predicted molar refractivity (Wildman–Crippen MR) is 55.9 cm³/mol. The summed E-state index contributed by atoms with van der Waals surface area (Å²) < 4.78 is 5.32. The third-order valence-electron chi connectivity index (χ3n) is 2.14. The highest BCUT2D eigenvalue weighted by atomic mass is 79.9. The molecule has 3 heteroatoms. The van der Waals surface area contributed by atoms with Gasteiger partial charge in [0.15, 0.2) is 0 Å². The predicted octanol–water partition coefficient (Wildman–Crippen LogP) is 2.89. The summed E-state index contributed by atoms with van der Waals surface area (Å²) >= 11 is 3.51. The van der Waals surface area contributed by atoms with Crippen LogP contribution in [0.2, 0.25) is 0 Å². The molecule has 1 rings (SSSR count). The first-order chi connectivity index (χ1) is 5.90. The minimum atomic E-state index is -0.355. The lowest BCUT2D eigenvalue weighted by Gasteiger charge is -2.23. The molecule has 1 aliphatic carbocycles. The van der Waals surface area contributed by atoms with Crippen molar-refractivity contribution < 1.29 is 9.53 Å². The fourth-order valence-electron chi connectivity index (χ4n) is 1.56. The monoisotopic (exact) mass is 248 g/mol. The summed E-state index contributed by atoms with van der Waals surface area (Å²) in [5.74, 6) is 0.0195. The van der Waals surface area contributed by atoms with Crippen LogP contribution in [0.3, 0.4) is 0 Å². The van der Waals surface area contributed by atoms with Crippen molar-refractivity contribution >= 4 is 21.9 Å². The van der Waals surface area contributed by atoms with Gasteiger partial charge in [-0.1, -0.05) is 22.4 Å². The fraction of sp³-hybridized carbons (Fsp3) is 0.900. The first kappa shape index (κ1) is 11.0. The van der Waals surface area contributed by atoms with E-state index in [0.29, 0.717) is 4.83 Å². The van der Waals surface area contributed by atoms with Gasteiger partial charge in [-0.05, 0) is 33.6 Å². The summed E-state index contributed by atoms with van der Waals surface area (Å²) in [4.78, 5) is 11.9. The zero-order chi connectivity index (χ0) is 10.1. The standard InChI is InChI=1S/C10H17BrO2/c1-10(2,3)13-9(12)7-5-4-6-8(7)11/h7-8H,4-6H2,1-3H3. The molecular weight excluding hydrogens is 232 g/mol. The normalized spacial score (nSPS) is 28.9. The molecule has 13 heavy (non-hydrogen) atoms. The van der Waals surface area contributed by atoms with Crippen molar-refractivity contribution in [1.29, 1.82) is 0 Å². The van der Waals surface area contributed by atoms with Crippen LogP contribution < -0.4 is 0 Å². The van der Waals surface area contributed by atoms with Gasteiger partial charge in [0.05, 0.1) is 5.92 Å². The molecule has 2 atom stereocenters. The van der Waals surface area contributed by atoms with E-state index in [-0.39, 0.29) is 17.5 Å². The second-order valence-electron chi connectivity index (χ2n) is 4.59. The van der Waals surface area contributed by atoms with Crippen molar-refractivity contribution in [2.45, 2.75) is 50.5 Å². The molecule has 2 nitrogen and oxygen atoms in total. The summed E-state index contributed by atoms with van der Waals surface area (Å²) in [6.07, 6.45) is 3.18. The van der Waals surface area contributed by atoms with Gasteiger partial charge in [0.2, 0.25) is 0 Å². The highest BCUT2D eigenvalue weighted by molar-refractivity contribution is 9.09. The lowest BCUT2D eigenvalue weighted by molar-refractivity contribution is -0.159. The summed E-state index contributed by atoms with van der Waals surface area (Å²) in [6, 6.07) is 0. The third-order valence-corrected chi connectivity index (χ3v) is 3.24. The molecule has 76 valence electrons. The average molecular weight is 249 g/mol. The van der Waals surface area contributed by atoms with Crippen LogP contribution in [0, 0.1) is 5.92 Å². The molecule has 1 aliphatic rings. The smallest absolute Gasteiger partial charge is 0.310 e. The van der Waals surface area contributed by atoms with Gasteiger partial charge in [-0.3, -0.25) is 4.79 Å².